The van der Waals surface area contributed by atoms with Crippen LogP contribution in [-0.4, -0.2) is 72.3 Å². The number of esters is 4. The lowest BCUT2D eigenvalue weighted by Crippen LogP contribution is -2.63. The number of rotatable bonds is 11. The van der Waals surface area contributed by atoms with Gasteiger partial charge in [-0.25, -0.2) is 4.79 Å². The molecule has 1 aromatic heterocycles. The molecule has 1 N–H and O–H groups in total. The number of hydrogen-bond acceptors (Lipinski definition) is 12. The van der Waals surface area contributed by atoms with Crippen LogP contribution in [0.1, 0.15) is 49.2 Å². The highest BCUT2D eigenvalue weighted by Crippen LogP contribution is 2.41. The van der Waals surface area contributed by atoms with E-state index in [0.29, 0.717) is 17.9 Å². The number of carboxylic acids is 1. The number of benzene rings is 2. The van der Waals surface area contributed by atoms with Crippen LogP contribution in [0.4, 0.5) is 0 Å². The standard InChI is InChI=1S/C31H32O12S/c1-16(32)38-15-24-26(39-17(2)33)27(40-18(3)34)28(41-19(4)35)30(42-24)43-31-23(22-7-5-6-8-25(22)44-31)14-11-20-9-12-21(13-10-20)29(36)37/h5-10,12-13,24,26-28,30H,11,14-15H2,1-4H3,(H,36,37)/t24-,26-,27+,28-,30+/m1/s1. The highest BCUT2D eigenvalue weighted by atomic mass is 32.1. The summed E-state index contributed by atoms with van der Waals surface area (Å²) in [6.45, 7) is 4.28. The molecule has 0 amide bonds. The number of carbonyl (C=O) groups is 5. The summed E-state index contributed by atoms with van der Waals surface area (Å²) < 4.78 is 35.1. The molecule has 0 radical (unpaired) electrons. The second-order valence-corrected chi connectivity index (χ2v) is 11.1. The molecule has 1 fully saturated rings. The van der Waals surface area contributed by atoms with E-state index in [1.165, 1.54) is 30.4 Å². The molecular weight excluding hydrogens is 596 g/mol. The van der Waals surface area contributed by atoms with Gasteiger partial charge in [-0.1, -0.05) is 41.7 Å². The van der Waals surface area contributed by atoms with Crippen molar-refractivity contribution in [1.82, 2.24) is 0 Å². The van der Waals surface area contributed by atoms with Crippen LogP contribution < -0.4 is 4.74 Å². The molecular formula is C31H32O12S. The van der Waals surface area contributed by atoms with E-state index in [2.05, 4.69) is 0 Å². The van der Waals surface area contributed by atoms with Gasteiger partial charge in [-0.3, -0.25) is 19.2 Å². The summed E-state index contributed by atoms with van der Waals surface area (Å²) in [5.74, 6) is -3.84. The fraction of sp³-hybridized carbons (Fsp3) is 0.387. The van der Waals surface area contributed by atoms with E-state index in [-0.39, 0.29) is 12.2 Å². The van der Waals surface area contributed by atoms with Crippen LogP contribution in [0.5, 0.6) is 5.06 Å². The minimum absolute atomic E-state index is 0.183. The molecule has 0 unspecified atom stereocenters. The van der Waals surface area contributed by atoms with Crippen molar-refractivity contribution in [3.8, 4) is 5.06 Å². The minimum atomic E-state index is -1.36. The molecule has 0 saturated carbocycles. The largest absolute Gasteiger partial charge is 0.478 e. The fourth-order valence-corrected chi connectivity index (χ4v) is 6.01. The molecule has 13 heteroatoms. The van der Waals surface area contributed by atoms with Gasteiger partial charge in [0, 0.05) is 38.0 Å². The molecule has 12 nitrogen and oxygen atoms in total. The monoisotopic (exact) mass is 628 g/mol. The maximum atomic E-state index is 12.2. The van der Waals surface area contributed by atoms with Crippen molar-refractivity contribution < 1.29 is 57.5 Å². The Morgan fingerprint density at radius 3 is 2.00 bits per heavy atom. The summed E-state index contributed by atoms with van der Waals surface area (Å²) in [6, 6.07) is 14.2. The van der Waals surface area contributed by atoms with Gasteiger partial charge < -0.3 is 33.5 Å². The molecule has 2 aromatic carbocycles. The van der Waals surface area contributed by atoms with Gasteiger partial charge in [-0.05, 0) is 42.0 Å². The Morgan fingerprint density at radius 2 is 1.39 bits per heavy atom. The van der Waals surface area contributed by atoms with E-state index in [1.807, 2.05) is 24.3 Å². The summed E-state index contributed by atoms with van der Waals surface area (Å²) >= 11 is 1.33. The molecule has 5 atom stereocenters. The normalized spacial score (nSPS) is 21.2. The lowest BCUT2D eigenvalue weighted by molar-refractivity contribution is -0.288. The molecule has 44 heavy (non-hydrogen) atoms. The topological polar surface area (TPSA) is 161 Å². The third kappa shape index (κ3) is 8.11. The Bertz CT molecular complexity index is 1530. The van der Waals surface area contributed by atoms with E-state index in [0.717, 1.165) is 42.0 Å². The molecule has 1 saturated heterocycles. The van der Waals surface area contributed by atoms with Gasteiger partial charge in [0.05, 0.1) is 5.56 Å². The van der Waals surface area contributed by atoms with Crippen LogP contribution in [0.3, 0.4) is 0 Å². The van der Waals surface area contributed by atoms with E-state index in [1.54, 1.807) is 12.1 Å². The zero-order valence-electron chi connectivity index (χ0n) is 24.5. The zero-order valence-corrected chi connectivity index (χ0v) is 25.3. The number of carboxylic acid groups (broad SMARTS) is 1. The highest BCUT2D eigenvalue weighted by Gasteiger charge is 2.53. The fourth-order valence-electron chi connectivity index (χ4n) is 4.88. The summed E-state index contributed by atoms with van der Waals surface area (Å²) in [5, 5.41) is 10.6. The number of fused-ring (bicyclic) bond motifs is 1. The number of hydrogen-bond donors (Lipinski definition) is 1. The summed E-state index contributed by atoms with van der Waals surface area (Å²) in [5.41, 5.74) is 1.91. The maximum Gasteiger partial charge on any atom is 0.335 e. The average Bonchev–Trinajstić information content (AvgIpc) is 3.30. The predicted octanol–water partition coefficient (Wildman–Crippen LogP) is 3.85. The minimum Gasteiger partial charge on any atom is -0.478 e. The predicted molar refractivity (Wildman–Crippen MR) is 155 cm³/mol. The van der Waals surface area contributed by atoms with Gasteiger partial charge in [-0.2, -0.15) is 0 Å². The number of carbonyl (C=O) groups excluding carboxylic acids is 4. The van der Waals surface area contributed by atoms with Gasteiger partial charge in [-0.15, -0.1) is 0 Å². The average molecular weight is 629 g/mol. The Balaban J connectivity index is 1.71. The van der Waals surface area contributed by atoms with Crippen molar-refractivity contribution in [2.24, 2.45) is 0 Å². The van der Waals surface area contributed by atoms with Crippen LogP contribution in [0.25, 0.3) is 10.1 Å². The first-order chi connectivity index (χ1) is 20.9. The second-order valence-electron chi connectivity index (χ2n) is 10.1. The zero-order chi connectivity index (χ0) is 32.0. The van der Waals surface area contributed by atoms with Gasteiger partial charge in [0.25, 0.3) is 0 Å². The summed E-state index contributed by atoms with van der Waals surface area (Å²) in [6.07, 6.45) is -5.48. The van der Waals surface area contributed by atoms with Crippen LogP contribution in [0, 0.1) is 0 Å². The molecule has 0 aliphatic carbocycles. The van der Waals surface area contributed by atoms with Gasteiger partial charge >= 0.3 is 29.8 Å². The first kappa shape index (κ1) is 32.4. The van der Waals surface area contributed by atoms with Crippen LogP contribution in [-0.2, 0) is 55.7 Å². The van der Waals surface area contributed by atoms with Crippen LogP contribution in [0.15, 0.2) is 48.5 Å². The highest BCUT2D eigenvalue weighted by molar-refractivity contribution is 7.21. The van der Waals surface area contributed by atoms with E-state index < -0.39 is 60.6 Å². The van der Waals surface area contributed by atoms with Crippen LogP contribution >= 0.6 is 11.3 Å². The molecule has 1 aliphatic rings. The second kappa shape index (κ2) is 14.3. The summed E-state index contributed by atoms with van der Waals surface area (Å²) in [4.78, 5) is 59.3. The smallest absolute Gasteiger partial charge is 0.335 e. The van der Waals surface area contributed by atoms with E-state index in [4.69, 9.17) is 28.4 Å². The molecule has 0 spiro atoms. The molecule has 4 rings (SSSR count). The Labute approximate surface area is 256 Å². The van der Waals surface area contributed by atoms with Crippen molar-refractivity contribution >= 4 is 51.3 Å². The molecule has 2 heterocycles. The van der Waals surface area contributed by atoms with Crippen molar-refractivity contribution in [1.29, 1.82) is 0 Å². The summed E-state index contributed by atoms with van der Waals surface area (Å²) in [7, 11) is 0. The van der Waals surface area contributed by atoms with Crippen molar-refractivity contribution in [2.45, 2.75) is 71.2 Å². The first-order valence-electron chi connectivity index (χ1n) is 13.7. The third-order valence-corrected chi connectivity index (χ3v) is 7.80. The SMILES string of the molecule is CC(=O)OC[C@H]1O[C@@H](Oc2sc3ccccc3c2CCc2ccc(C(=O)O)cc2)[C@H](OC(C)=O)[C@@H](OC(C)=O)[C@@H]1OC(C)=O. The Hall–Kier alpha value is -4.49. The van der Waals surface area contributed by atoms with Crippen LogP contribution in [0.2, 0.25) is 0 Å². The van der Waals surface area contributed by atoms with Crippen molar-refractivity contribution in [3.05, 3.63) is 65.2 Å². The molecule has 1 aliphatic heterocycles. The first-order valence-corrected chi connectivity index (χ1v) is 14.5. The number of thiophene rings is 1. The van der Waals surface area contributed by atoms with Gasteiger partial charge in [0.15, 0.2) is 17.3 Å². The molecule has 3 aromatic rings. The number of aryl methyl sites for hydroxylation is 2. The third-order valence-electron chi connectivity index (χ3n) is 6.70. The molecule has 234 valence electrons. The lowest BCUT2D eigenvalue weighted by Gasteiger charge is -2.43. The number of ether oxygens (including phenoxy) is 6. The number of aromatic carboxylic acids is 1. The molecule has 0 bridgehead atoms. The lowest BCUT2D eigenvalue weighted by atomic mass is 9.98. The maximum absolute atomic E-state index is 12.2. The van der Waals surface area contributed by atoms with Crippen molar-refractivity contribution in [2.75, 3.05) is 6.61 Å². The van der Waals surface area contributed by atoms with Gasteiger partial charge in [0.2, 0.25) is 12.4 Å². The van der Waals surface area contributed by atoms with E-state index in [9.17, 15) is 29.1 Å². The quantitative estimate of drug-likeness (QED) is 0.242. The van der Waals surface area contributed by atoms with Crippen molar-refractivity contribution in [3.63, 3.8) is 0 Å². The van der Waals surface area contributed by atoms with E-state index >= 15 is 0 Å². The Kier molecular flexibility index (Phi) is 10.6. The Morgan fingerprint density at radius 1 is 0.773 bits per heavy atom. The van der Waals surface area contributed by atoms with Gasteiger partial charge in [0.1, 0.15) is 12.7 Å².